The van der Waals surface area contributed by atoms with Gasteiger partial charge in [0.1, 0.15) is 5.76 Å². The lowest BCUT2D eigenvalue weighted by molar-refractivity contribution is 0.102. The van der Waals surface area contributed by atoms with Crippen LogP contribution in [0.3, 0.4) is 0 Å². The highest BCUT2D eigenvalue weighted by atomic mass is 16.5. The van der Waals surface area contributed by atoms with Crippen molar-refractivity contribution in [2.45, 2.75) is 26.7 Å². The molecule has 1 fully saturated rings. The molecule has 1 aromatic carbocycles. The molecule has 2 aromatic heterocycles. The second-order valence-corrected chi connectivity index (χ2v) is 7.42. The summed E-state index contributed by atoms with van der Waals surface area (Å²) < 4.78 is 4.99. The third-order valence-electron chi connectivity index (χ3n) is 5.06. The molecule has 0 saturated carbocycles. The first-order valence-electron chi connectivity index (χ1n) is 9.77. The smallest absolute Gasteiger partial charge is 0.276 e. The first-order chi connectivity index (χ1) is 14.1. The number of aryl methyl sites for hydroxylation is 1. The zero-order valence-electron chi connectivity index (χ0n) is 16.6. The number of hydrogen-bond acceptors (Lipinski definition) is 7. The van der Waals surface area contributed by atoms with Crippen molar-refractivity contribution < 1.29 is 9.32 Å². The molecule has 4 rings (SSSR count). The molecule has 29 heavy (non-hydrogen) atoms. The van der Waals surface area contributed by atoms with Gasteiger partial charge in [-0.15, -0.1) is 10.2 Å². The van der Waals surface area contributed by atoms with E-state index < -0.39 is 0 Å². The van der Waals surface area contributed by atoms with Crippen LogP contribution in [0.25, 0.3) is 0 Å². The molecular weight excluding hydrogens is 368 g/mol. The molecule has 150 valence electrons. The topological polar surface area (TPSA) is 96.2 Å². The number of aromatic nitrogens is 3. The van der Waals surface area contributed by atoms with E-state index in [0.29, 0.717) is 17.4 Å². The van der Waals surface area contributed by atoms with Crippen molar-refractivity contribution in [3.05, 3.63) is 53.9 Å². The van der Waals surface area contributed by atoms with E-state index in [9.17, 15) is 4.79 Å². The largest absolute Gasteiger partial charge is 0.372 e. The maximum atomic E-state index is 12.4. The molecule has 0 spiro atoms. The quantitative estimate of drug-likeness (QED) is 0.677. The van der Waals surface area contributed by atoms with Crippen molar-refractivity contribution in [1.29, 1.82) is 0 Å². The summed E-state index contributed by atoms with van der Waals surface area (Å²) >= 11 is 0. The van der Waals surface area contributed by atoms with Gasteiger partial charge in [-0.3, -0.25) is 4.79 Å². The SMILES string of the molecule is Cc1cc(Nc2ccc(C(=O)Nc3ccc(N4CCC(C)CC4)cc3)nn2)no1. The minimum atomic E-state index is -0.305. The van der Waals surface area contributed by atoms with E-state index in [1.54, 1.807) is 25.1 Å². The van der Waals surface area contributed by atoms with Crippen molar-refractivity contribution in [2.75, 3.05) is 28.6 Å². The Morgan fingerprint density at radius 2 is 1.83 bits per heavy atom. The van der Waals surface area contributed by atoms with Crippen molar-refractivity contribution in [3.8, 4) is 0 Å². The Morgan fingerprint density at radius 3 is 2.45 bits per heavy atom. The molecule has 8 heteroatoms. The van der Waals surface area contributed by atoms with Gasteiger partial charge in [-0.25, -0.2) is 0 Å². The predicted octanol–water partition coefficient (Wildman–Crippen LogP) is 4.01. The van der Waals surface area contributed by atoms with Crippen LogP contribution in [0.1, 0.15) is 36.0 Å². The predicted molar refractivity (Wildman–Crippen MR) is 112 cm³/mol. The van der Waals surface area contributed by atoms with Crippen LogP contribution in [0.2, 0.25) is 0 Å². The molecule has 1 aliphatic rings. The van der Waals surface area contributed by atoms with Gasteiger partial charge >= 0.3 is 0 Å². The Balaban J connectivity index is 1.35. The normalized spacial score (nSPS) is 14.6. The number of nitrogens with one attached hydrogen (secondary N) is 2. The Morgan fingerprint density at radius 1 is 1.07 bits per heavy atom. The van der Waals surface area contributed by atoms with E-state index >= 15 is 0 Å². The highest BCUT2D eigenvalue weighted by Crippen LogP contribution is 2.24. The summed E-state index contributed by atoms with van der Waals surface area (Å²) in [5.74, 6) is 2.21. The third-order valence-corrected chi connectivity index (χ3v) is 5.06. The summed E-state index contributed by atoms with van der Waals surface area (Å²) in [7, 11) is 0. The number of amides is 1. The molecule has 2 N–H and O–H groups in total. The van der Waals surface area contributed by atoms with Gasteiger partial charge in [0.2, 0.25) is 0 Å². The standard InChI is InChI=1S/C21H24N6O2/c1-14-9-11-27(12-10-14)17-5-3-16(4-6-17)22-21(28)18-7-8-19(25-24-18)23-20-13-15(2)29-26-20/h3-8,13-14H,9-12H2,1-2H3,(H,22,28)(H,23,25,26). The van der Waals surface area contributed by atoms with Crippen LogP contribution in [0, 0.1) is 12.8 Å². The number of carbonyl (C=O) groups is 1. The molecule has 1 amide bonds. The van der Waals surface area contributed by atoms with Gasteiger partial charge in [0.05, 0.1) is 0 Å². The summed E-state index contributed by atoms with van der Waals surface area (Å²) in [5.41, 5.74) is 2.15. The molecule has 8 nitrogen and oxygen atoms in total. The van der Waals surface area contributed by atoms with E-state index in [4.69, 9.17) is 4.52 Å². The third kappa shape index (κ3) is 4.71. The number of nitrogens with zero attached hydrogens (tertiary/aromatic N) is 4. The molecule has 0 bridgehead atoms. The summed E-state index contributed by atoms with van der Waals surface area (Å²) in [4.78, 5) is 14.8. The van der Waals surface area contributed by atoms with Crippen LogP contribution in [-0.2, 0) is 0 Å². The van der Waals surface area contributed by atoms with Gasteiger partial charge in [0.25, 0.3) is 5.91 Å². The van der Waals surface area contributed by atoms with E-state index in [0.717, 1.165) is 24.7 Å². The lowest BCUT2D eigenvalue weighted by Crippen LogP contribution is -2.32. The first kappa shape index (κ1) is 18.9. The van der Waals surface area contributed by atoms with E-state index in [-0.39, 0.29) is 11.6 Å². The van der Waals surface area contributed by atoms with Crippen LogP contribution in [0.15, 0.2) is 47.0 Å². The minimum Gasteiger partial charge on any atom is -0.372 e. The Hall–Kier alpha value is -3.42. The molecular formula is C21H24N6O2. The lowest BCUT2D eigenvalue weighted by Gasteiger charge is -2.32. The Labute approximate surface area is 169 Å². The van der Waals surface area contributed by atoms with Crippen LogP contribution in [-0.4, -0.2) is 34.4 Å². The van der Waals surface area contributed by atoms with Crippen molar-refractivity contribution in [3.63, 3.8) is 0 Å². The van der Waals surface area contributed by atoms with E-state index in [1.165, 1.54) is 18.5 Å². The minimum absolute atomic E-state index is 0.237. The molecule has 0 aliphatic carbocycles. The molecule has 0 atom stereocenters. The number of carbonyl (C=O) groups excluding carboxylic acids is 1. The fourth-order valence-electron chi connectivity index (χ4n) is 3.29. The number of benzene rings is 1. The molecule has 3 aromatic rings. The van der Waals surface area contributed by atoms with Crippen molar-refractivity contribution >= 4 is 28.9 Å². The summed E-state index contributed by atoms with van der Waals surface area (Å²) in [6.45, 7) is 6.26. The molecule has 1 aliphatic heterocycles. The number of anilines is 4. The second-order valence-electron chi connectivity index (χ2n) is 7.42. The monoisotopic (exact) mass is 392 g/mol. The van der Waals surface area contributed by atoms with Crippen LogP contribution in [0.5, 0.6) is 0 Å². The van der Waals surface area contributed by atoms with E-state index in [1.807, 2.05) is 24.3 Å². The maximum absolute atomic E-state index is 12.4. The fourth-order valence-corrected chi connectivity index (χ4v) is 3.29. The van der Waals surface area contributed by atoms with Gasteiger partial charge in [-0.05, 0) is 62.1 Å². The summed E-state index contributed by atoms with van der Waals surface area (Å²) in [6, 6.07) is 13.0. The lowest BCUT2D eigenvalue weighted by atomic mass is 9.99. The highest BCUT2D eigenvalue weighted by molar-refractivity contribution is 6.02. The number of rotatable bonds is 5. The summed E-state index contributed by atoms with van der Waals surface area (Å²) in [6.07, 6.45) is 2.44. The van der Waals surface area contributed by atoms with E-state index in [2.05, 4.69) is 37.8 Å². The van der Waals surface area contributed by atoms with Crippen LogP contribution >= 0.6 is 0 Å². The fraction of sp³-hybridized carbons (Fsp3) is 0.333. The molecule has 0 radical (unpaired) electrons. The Kier molecular flexibility index (Phi) is 5.41. The zero-order chi connectivity index (χ0) is 20.2. The highest BCUT2D eigenvalue weighted by Gasteiger charge is 2.16. The van der Waals surface area contributed by atoms with Gasteiger partial charge in [0.15, 0.2) is 17.3 Å². The van der Waals surface area contributed by atoms with Gasteiger partial charge < -0.3 is 20.1 Å². The average molecular weight is 392 g/mol. The van der Waals surface area contributed by atoms with Crippen molar-refractivity contribution in [2.24, 2.45) is 5.92 Å². The van der Waals surface area contributed by atoms with Gasteiger partial charge in [-0.1, -0.05) is 12.1 Å². The molecule has 0 unspecified atom stereocenters. The van der Waals surface area contributed by atoms with Crippen LogP contribution in [0.4, 0.5) is 23.0 Å². The van der Waals surface area contributed by atoms with Crippen LogP contribution < -0.4 is 15.5 Å². The van der Waals surface area contributed by atoms with Gasteiger partial charge in [-0.2, -0.15) is 0 Å². The average Bonchev–Trinajstić information content (AvgIpc) is 3.14. The molecule has 3 heterocycles. The zero-order valence-corrected chi connectivity index (χ0v) is 16.6. The maximum Gasteiger partial charge on any atom is 0.276 e. The molecule has 1 saturated heterocycles. The van der Waals surface area contributed by atoms with Gasteiger partial charge in [0, 0.05) is 30.5 Å². The Bertz CT molecular complexity index is 960. The second kappa shape index (κ2) is 8.30. The number of hydrogen-bond donors (Lipinski definition) is 2. The first-order valence-corrected chi connectivity index (χ1v) is 9.77. The summed E-state index contributed by atoms with van der Waals surface area (Å²) in [5, 5.41) is 17.7. The van der Waals surface area contributed by atoms with Crippen molar-refractivity contribution in [1.82, 2.24) is 15.4 Å². The number of piperidine rings is 1.